The van der Waals surface area contributed by atoms with Gasteiger partial charge in [0.05, 0.1) is 12.3 Å². The standard InChI is InChI=1S/C19H26N4OS/c1-13-6-4-5-7-15(13)19-16-10-23(9-14(16)8-22(19)2)11-18-20-17(12-25-3)21-24-18/h4-7,14,16,19H,8-12H2,1-3H3/t14-,16+,19+/m0/s1. The quantitative estimate of drug-likeness (QED) is 0.819. The minimum absolute atomic E-state index is 0.519. The minimum atomic E-state index is 0.519. The molecule has 2 aromatic rings. The zero-order valence-electron chi connectivity index (χ0n) is 15.2. The number of aryl methyl sites for hydroxylation is 1. The SMILES string of the molecule is CSCc1noc(CN2C[C@@H]3CN(C)[C@H](c4ccccc4C)[C@@H]3C2)n1. The summed E-state index contributed by atoms with van der Waals surface area (Å²) in [6.45, 7) is 6.40. The van der Waals surface area contributed by atoms with Crippen LogP contribution in [0.5, 0.6) is 0 Å². The summed E-state index contributed by atoms with van der Waals surface area (Å²) < 4.78 is 5.43. The Hall–Kier alpha value is -1.37. The maximum absolute atomic E-state index is 5.43. The third kappa shape index (κ3) is 3.35. The van der Waals surface area contributed by atoms with Crippen LogP contribution >= 0.6 is 11.8 Å². The van der Waals surface area contributed by atoms with Crippen LogP contribution in [0, 0.1) is 18.8 Å². The minimum Gasteiger partial charge on any atom is -0.338 e. The van der Waals surface area contributed by atoms with Gasteiger partial charge in [-0.25, -0.2) is 0 Å². The molecule has 2 aliphatic heterocycles. The molecule has 25 heavy (non-hydrogen) atoms. The maximum Gasteiger partial charge on any atom is 0.240 e. The Labute approximate surface area is 153 Å². The average Bonchev–Trinajstić information content (AvgIpc) is 3.24. The number of fused-ring (bicyclic) bond motifs is 1. The molecule has 1 aromatic carbocycles. The van der Waals surface area contributed by atoms with Gasteiger partial charge >= 0.3 is 0 Å². The van der Waals surface area contributed by atoms with Crippen molar-refractivity contribution in [3.05, 3.63) is 47.1 Å². The zero-order valence-corrected chi connectivity index (χ0v) is 16.0. The summed E-state index contributed by atoms with van der Waals surface area (Å²) in [6, 6.07) is 9.35. The van der Waals surface area contributed by atoms with Crippen molar-refractivity contribution in [2.45, 2.75) is 25.3 Å². The Balaban J connectivity index is 1.46. The number of nitrogens with zero attached hydrogens (tertiary/aromatic N) is 4. The van der Waals surface area contributed by atoms with Crippen molar-refractivity contribution < 1.29 is 4.52 Å². The molecular weight excluding hydrogens is 332 g/mol. The lowest BCUT2D eigenvalue weighted by Gasteiger charge is -2.27. The maximum atomic E-state index is 5.43. The van der Waals surface area contributed by atoms with E-state index in [0.29, 0.717) is 12.0 Å². The molecule has 3 atom stereocenters. The van der Waals surface area contributed by atoms with Crippen LogP contribution in [0.4, 0.5) is 0 Å². The summed E-state index contributed by atoms with van der Waals surface area (Å²) in [5.41, 5.74) is 2.89. The summed E-state index contributed by atoms with van der Waals surface area (Å²) in [7, 11) is 2.27. The number of thioether (sulfide) groups is 1. The van der Waals surface area contributed by atoms with E-state index in [1.54, 1.807) is 11.8 Å². The highest BCUT2D eigenvalue weighted by atomic mass is 32.2. The number of likely N-dealkylation sites (tertiary alicyclic amines) is 2. The van der Waals surface area contributed by atoms with Crippen molar-refractivity contribution in [1.29, 1.82) is 0 Å². The van der Waals surface area contributed by atoms with E-state index in [1.807, 2.05) is 0 Å². The highest BCUT2D eigenvalue weighted by molar-refractivity contribution is 7.97. The molecule has 3 heterocycles. The smallest absolute Gasteiger partial charge is 0.240 e. The van der Waals surface area contributed by atoms with Crippen LogP contribution in [0.1, 0.15) is 28.9 Å². The first-order valence-corrected chi connectivity index (χ1v) is 10.3. The first kappa shape index (κ1) is 17.1. The summed E-state index contributed by atoms with van der Waals surface area (Å²) in [5, 5.41) is 4.06. The molecule has 0 N–H and O–H groups in total. The van der Waals surface area contributed by atoms with Crippen LogP contribution in [0.3, 0.4) is 0 Å². The summed E-state index contributed by atoms with van der Waals surface area (Å²) in [5.74, 6) is 3.78. The molecule has 2 fully saturated rings. The fraction of sp³-hybridized carbons (Fsp3) is 0.579. The van der Waals surface area contributed by atoms with E-state index in [-0.39, 0.29) is 0 Å². The van der Waals surface area contributed by atoms with Gasteiger partial charge in [0, 0.05) is 25.7 Å². The van der Waals surface area contributed by atoms with Crippen molar-refractivity contribution >= 4 is 11.8 Å². The molecule has 0 spiro atoms. The molecule has 0 aliphatic carbocycles. The Morgan fingerprint density at radius 1 is 1.24 bits per heavy atom. The first-order valence-electron chi connectivity index (χ1n) is 8.94. The van der Waals surface area contributed by atoms with Gasteiger partial charge in [-0.15, -0.1) is 0 Å². The van der Waals surface area contributed by atoms with Crippen LogP contribution < -0.4 is 0 Å². The van der Waals surface area contributed by atoms with E-state index in [1.165, 1.54) is 17.7 Å². The molecule has 0 unspecified atom stereocenters. The lowest BCUT2D eigenvalue weighted by Crippen LogP contribution is -2.29. The van der Waals surface area contributed by atoms with Gasteiger partial charge in [0.15, 0.2) is 5.82 Å². The van der Waals surface area contributed by atoms with Crippen LogP contribution in [0.2, 0.25) is 0 Å². The van der Waals surface area contributed by atoms with Crippen LogP contribution in [-0.4, -0.2) is 52.9 Å². The number of aromatic nitrogens is 2. The molecule has 0 amide bonds. The van der Waals surface area contributed by atoms with E-state index >= 15 is 0 Å². The second kappa shape index (κ2) is 7.09. The molecule has 1 aromatic heterocycles. The Bertz CT molecular complexity index is 734. The van der Waals surface area contributed by atoms with E-state index in [2.05, 4.69) is 64.4 Å². The van der Waals surface area contributed by atoms with Gasteiger partial charge in [0.1, 0.15) is 0 Å². The molecule has 4 rings (SSSR count). The fourth-order valence-corrected chi connectivity index (χ4v) is 4.97. The Kier molecular flexibility index (Phi) is 4.84. The van der Waals surface area contributed by atoms with Gasteiger partial charge in [0.25, 0.3) is 0 Å². The van der Waals surface area contributed by atoms with Crippen molar-refractivity contribution in [1.82, 2.24) is 19.9 Å². The molecule has 2 saturated heterocycles. The Morgan fingerprint density at radius 2 is 2.08 bits per heavy atom. The molecule has 5 nitrogen and oxygen atoms in total. The normalized spacial score (nSPS) is 27.1. The van der Waals surface area contributed by atoms with Gasteiger partial charge in [0.2, 0.25) is 5.89 Å². The molecule has 0 saturated carbocycles. The third-order valence-electron chi connectivity index (χ3n) is 5.62. The van der Waals surface area contributed by atoms with Crippen molar-refractivity contribution in [2.75, 3.05) is 32.9 Å². The van der Waals surface area contributed by atoms with Gasteiger partial charge in [-0.2, -0.15) is 16.7 Å². The van der Waals surface area contributed by atoms with Crippen molar-refractivity contribution in [3.63, 3.8) is 0 Å². The summed E-state index contributed by atoms with van der Waals surface area (Å²) in [4.78, 5) is 9.54. The molecule has 6 heteroatoms. The average molecular weight is 359 g/mol. The second-order valence-corrected chi connectivity index (χ2v) is 8.26. The fourth-order valence-electron chi connectivity index (χ4n) is 4.60. The summed E-state index contributed by atoms with van der Waals surface area (Å²) >= 11 is 1.72. The summed E-state index contributed by atoms with van der Waals surface area (Å²) in [6.07, 6.45) is 2.06. The highest BCUT2D eigenvalue weighted by Crippen LogP contribution is 2.45. The van der Waals surface area contributed by atoms with E-state index in [9.17, 15) is 0 Å². The molecule has 2 aliphatic rings. The third-order valence-corrected chi connectivity index (χ3v) is 6.17. The number of hydrogen-bond donors (Lipinski definition) is 0. The van der Waals surface area contributed by atoms with Crippen LogP contribution in [-0.2, 0) is 12.3 Å². The van der Waals surface area contributed by atoms with Crippen molar-refractivity contribution in [2.24, 2.45) is 11.8 Å². The van der Waals surface area contributed by atoms with Crippen molar-refractivity contribution in [3.8, 4) is 0 Å². The predicted molar refractivity (Wildman–Crippen MR) is 100 cm³/mol. The highest BCUT2D eigenvalue weighted by Gasteiger charge is 2.46. The second-order valence-electron chi connectivity index (χ2n) is 7.40. The van der Waals surface area contributed by atoms with Gasteiger partial charge in [-0.1, -0.05) is 29.4 Å². The van der Waals surface area contributed by atoms with E-state index < -0.39 is 0 Å². The lowest BCUT2D eigenvalue weighted by atomic mass is 9.88. The molecule has 134 valence electrons. The lowest BCUT2D eigenvalue weighted by molar-refractivity contribution is 0.207. The predicted octanol–water partition coefficient (Wildman–Crippen LogP) is 2.98. The van der Waals surface area contributed by atoms with Gasteiger partial charge in [-0.3, -0.25) is 9.80 Å². The molecular formula is C19H26N4OS. The van der Waals surface area contributed by atoms with E-state index in [0.717, 1.165) is 43.0 Å². The van der Waals surface area contributed by atoms with Gasteiger partial charge in [-0.05, 0) is 43.2 Å². The Morgan fingerprint density at radius 3 is 2.88 bits per heavy atom. The van der Waals surface area contributed by atoms with Crippen LogP contribution in [0.25, 0.3) is 0 Å². The zero-order chi connectivity index (χ0) is 17.4. The number of rotatable bonds is 5. The van der Waals surface area contributed by atoms with Crippen LogP contribution in [0.15, 0.2) is 28.8 Å². The van der Waals surface area contributed by atoms with E-state index in [4.69, 9.17) is 4.52 Å². The topological polar surface area (TPSA) is 45.4 Å². The largest absolute Gasteiger partial charge is 0.338 e. The molecule has 0 bridgehead atoms. The monoisotopic (exact) mass is 358 g/mol. The molecule has 0 radical (unpaired) electrons. The van der Waals surface area contributed by atoms with Gasteiger partial charge < -0.3 is 4.52 Å². The number of benzene rings is 1. The number of hydrogen-bond acceptors (Lipinski definition) is 6. The first-order chi connectivity index (χ1) is 12.2.